The lowest BCUT2D eigenvalue weighted by Crippen LogP contribution is -2.35. The Bertz CT molecular complexity index is 411. The number of rotatable bonds is 4. The highest BCUT2D eigenvalue weighted by atomic mass is 35.5. The molecule has 0 spiro atoms. The second-order valence-electron chi connectivity index (χ2n) is 5.56. The first-order valence-electron chi connectivity index (χ1n) is 7.23. The predicted molar refractivity (Wildman–Crippen MR) is 85.4 cm³/mol. The molecule has 1 aliphatic rings. The number of hydrogen-bond donors (Lipinski definition) is 0. The molecule has 1 saturated carbocycles. The number of hydrogen-bond acceptors (Lipinski definition) is 1. The third-order valence-corrected chi connectivity index (χ3v) is 5.17. The zero-order valence-electron chi connectivity index (χ0n) is 11.8. The predicted octanol–water partition coefficient (Wildman–Crippen LogP) is 5.48. The molecule has 0 atom stereocenters. The van der Waals surface area contributed by atoms with E-state index >= 15 is 0 Å². The quantitative estimate of drug-likeness (QED) is 0.665. The van der Waals surface area contributed by atoms with Gasteiger partial charge in [-0.25, -0.2) is 0 Å². The van der Waals surface area contributed by atoms with Crippen molar-refractivity contribution in [2.45, 2.75) is 50.9 Å². The van der Waals surface area contributed by atoms with Crippen LogP contribution in [0.2, 0.25) is 5.02 Å². The molecule has 0 amide bonds. The van der Waals surface area contributed by atoms with Crippen molar-refractivity contribution >= 4 is 28.9 Å². The molecule has 2 rings (SSSR count). The molecule has 1 aliphatic carbocycles. The zero-order valence-corrected chi connectivity index (χ0v) is 13.3. The summed E-state index contributed by atoms with van der Waals surface area (Å²) < 4.78 is 0. The molecule has 0 bridgehead atoms. The summed E-state index contributed by atoms with van der Waals surface area (Å²) in [5.74, 6) is 1.40. The van der Waals surface area contributed by atoms with Crippen LogP contribution in [-0.4, -0.2) is 13.1 Å². The van der Waals surface area contributed by atoms with Crippen molar-refractivity contribution in [2.75, 3.05) is 11.9 Å². The van der Waals surface area contributed by atoms with Crippen LogP contribution in [-0.2, 0) is 5.88 Å². The van der Waals surface area contributed by atoms with Gasteiger partial charge in [-0.2, -0.15) is 0 Å². The molecule has 1 nitrogen and oxygen atoms in total. The molecule has 0 aromatic heterocycles. The fourth-order valence-electron chi connectivity index (χ4n) is 3.15. The van der Waals surface area contributed by atoms with Crippen LogP contribution in [0, 0.1) is 5.92 Å². The minimum atomic E-state index is 0.476. The van der Waals surface area contributed by atoms with Gasteiger partial charge in [-0.3, -0.25) is 0 Å². The van der Waals surface area contributed by atoms with Gasteiger partial charge < -0.3 is 4.90 Å². The van der Waals surface area contributed by atoms with Gasteiger partial charge in [0.2, 0.25) is 0 Å². The van der Waals surface area contributed by atoms with E-state index in [1.165, 1.54) is 37.8 Å². The number of alkyl halides is 1. The molecule has 106 valence electrons. The van der Waals surface area contributed by atoms with E-state index in [0.717, 1.165) is 16.5 Å². The summed E-state index contributed by atoms with van der Waals surface area (Å²) in [4.78, 5) is 2.38. The van der Waals surface area contributed by atoms with Gasteiger partial charge in [0.15, 0.2) is 0 Å². The van der Waals surface area contributed by atoms with Crippen molar-refractivity contribution in [3.8, 4) is 0 Å². The summed E-state index contributed by atoms with van der Waals surface area (Å²) in [5, 5.41) is 0.779. The first-order valence-corrected chi connectivity index (χ1v) is 8.14. The highest BCUT2D eigenvalue weighted by Crippen LogP contribution is 2.34. The highest BCUT2D eigenvalue weighted by molar-refractivity contribution is 6.32. The van der Waals surface area contributed by atoms with Crippen LogP contribution in [0.1, 0.15) is 44.6 Å². The van der Waals surface area contributed by atoms with E-state index in [1.807, 2.05) is 12.1 Å². The molecule has 0 aliphatic heterocycles. The van der Waals surface area contributed by atoms with Gasteiger partial charge in [0.05, 0.1) is 5.88 Å². The molecule has 0 saturated heterocycles. The minimum absolute atomic E-state index is 0.476. The Labute approximate surface area is 126 Å². The normalized spacial score (nSPS) is 23.4. The summed E-state index contributed by atoms with van der Waals surface area (Å²) in [6.45, 7) is 2.30. The molecule has 0 N–H and O–H groups in total. The van der Waals surface area contributed by atoms with E-state index < -0.39 is 0 Å². The largest absolute Gasteiger partial charge is 0.371 e. The van der Waals surface area contributed by atoms with Crippen molar-refractivity contribution in [1.29, 1.82) is 0 Å². The fraction of sp³-hybridized carbons (Fsp3) is 0.625. The van der Waals surface area contributed by atoms with E-state index in [4.69, 9.17) is 23.2 Å². The second kappa shape index (κ2) is 6.85. The van der Waals surface area contributed by atoms with Gasteiger partial charge in [-0.15, -0.1) is 11.6 Å². The highest BCUT2D eigenvalue weighted by Gasteiger charge is 2.24. The molecule has 0 unspecified atom stereocenters. The Morgan fingerprint density at radius 3 is 2.47 bits per heavy atom. The zero-order chi connectivity index (χ0) is 13.8. The van der Waals surface area contributed by atoms with Crippen LogP contribution in [0.3, 0.4) is 0 Å². The SMILES string of the molecule is CCC1CCC(N(C)c2cccc(Cl)c2CCl)CC1. The Hall–Kier alpha value is -0.400. The number of anilines is 1. The van der Waals surface area contributed by atoms with Crippen LogP contribution in [0.25, 0.3) is 0 Å². The average molecular weight is 300 g/mol. The monoisotopic (exact) mass is 299 g/mol. The number of nitrogens with zero attached hydrogens (tertiary/aromatic N) is 1. The molecule has 1 aromatic carbocycles. The topological polar surface area (TPSA) is 3.24 Å². The van der Waals surface area contributed by atoms with Crippen LogP contribution in [0.5, 0.6) is 0 Å². The van der Waals surface area contributed by atoms with Gasteiger partial charge >= 0.3 is 0 Å². The van der Waals surface area contributed by atoms with E-state index in [9.17, 15) is 0 Å². The Kier molecular flexibility index (Phi) is 5.41. The molecule has 1 aromatic rings. The second-order valence-corrected chi connectivity index (χ2v) is 6.24. The standard InChI is InChI=1S/C16H23Cl2N/c1-3-12-7-9-13(10-8-12)19(2)16-6-4-5-15(18)14(16)11-17/h4-6,12-13H,3,7-11H2,1-2H3. The molecule has 19 heavy (non-hydrogen) atoms. The van der Waals surface area contributed by atoms with Crippen LogP contribution < -0.4 is 4.90 Å². The Morgan fingerprint density at radius 2 is 1.89 bits per heavy atom. The maximum absolute atomic E-state index is 6.25. The summed E-state index contributed by atoms with van der Waals surface area (Å²) >= 11 is 12.3. The van der Waals surface area contributed by atoms with Crippen molar-refractivity contribution < 1.29 is 0 Å². The van der Waals surface area contributed by atoms with E-state index in [-0.39, 0.29) is 0 Å². The fourth-order valence-corrected chi connectivity index (χ4v) is 3.73. The van der Waals surface area contributed by atoms with Gasteiger partial charge in [0.25, 0.3) is 0 Å². The van der Waals surface area contributed by atoms with Gasteiger partial charge in [-0.05, 0) is 43.7 Å². The first-order chi connectivity index (χ1) is 9.17. The molecule has 3 heteroatoms. The van der Waals surface area contributed by atoms with E-state index in [1.54, 1.807) is 0 Å². The summed E-state index contributed by atoms with van der Waals surface area (Å²) in [6, 6.07) is 6.70. The third kappa shape index (κ3) is 3.38. The van der Waals surface area contributed by atoms with Gasteiger partial charge in [0, 0.05) is 29.4 Å². The lowest BCUT2D eigenvalue weighted by Gasteiger charge is -2.36. The summed E-state index contributed by atoms with van der Waals surface area (Å²) in [7, 11) is 2.18. The third-order valence-electron chi connectivity index (χ3n) is 4.55. The average Bonchev–Trinajstić information content (AvgIpc) is 2.46. The molecular weight excluding hydrogens is 277 g/mol. The maximum atomic E-state index is 6.25. The van der Waals surface area contributed by atoms with Gasteiger partial charge in [-0.1, -0.05) is 31.0 Å². The molecule has 0 heterocycles. The number of benzene rings is 1. The maximum Gasteiger partial charge on any atom is 0.0509 e. The van der Waals surface area contributed by atoms with Crippen molar-refractivity contribution in [3.05, 3.63) is 28.8 Å². The lowest BCUT2D eigenvalue weighted by molar-refractivity contribution is 0.313. The van der Waals surface area contributed by atoms with Crippen molar-refractivity contribution in [3.63, 3.8) is 0 Å². The summed E-state index contributed by atoms with van der Waals surface area (Å²) in [5.41, 5.74) is 2.26. The molecule has 1 fully saturated rings. The Morgan fingerprint density at radius 1 is 1.21 bits per heavy atom. The van der Waals surface area contributed by atoms with E-state index in [0.29, 0.717) is 11.9 Å². The lowest BCUT2D eigenvalue weighted by atomic mass is 9.84. The van der Waals surface area contributed by atoms with Gasteiger partial charge in [0.1, 0.15) is 0 Å². The molecular formula is C16H23Cl2N. The first kappa shape index (κ1) is 15.0. The molecule has 0 radical (unpaired) electrons. The van der Waals surface area contributed by atoms with E-state index in [2.05, 4.69) is 24.9 Å². The number of halogens is 2. The van der Waals surface area contributed by atoms with Crippen molar-refractivity contribution in [2.24, 2.45) is 5.92 Å². The van der Waals surface area contributed by atoms with Crippen LogP contribution >= 0.6 is 23.2 Å². The van der Waals surface area contributed by atoms with Crippen LogP contribution in [0.15, 0.2) is 18.2 Å². The Balaban J connectivity index is 2.12. The minimum Gasteiger partial charge on any atom is -0.371 e. The summed E-state index contributed by atoms with van der Waals surface area (Å²) in [6.07, 6.45) is 6.58. The van der Waals surface area contributed by atoms with Crippen LogP contribution in [0.4, 0.5) is 5.69 Å². The smallest absolute Gasteiger partial charge is 0.0509 e. The van der Waals surface area contributed by atoms with Crippen molar-refractivity contribution in [1.82, 2.24) is 0 Å².